The Labute approximate surface area is 199 Å². The largest absolute Gasteiger partial charge is 0.503 e. The van der Waals surface area contributed by atoms with Crippen molar-refractivity contribution >= 4 is 27.3 Å². The highest BCUT2D eigenvalue weighted by Gasteiger charge is 2.32. The first-order chi connectivity index (χ1) is 16.5. The summed E-state index contributed by atoms with van der Waals surface area (Å²) < 4.78 is 13.3. The van der Waals surface area contributed by atoms with Crippen molar-refractivity contribution in [1.82, 2.24) is 9.55 Å². The highest BCUT2D eigenvalue weighted by atomic mass is 32.1. The second-order valence-corrected chi connectivity index (χ2v) is 8.47. The van der Waals surface area contributed by atoms with E-state index in [-0.39, 0.29) is 11.3 Å². The lowest BCUT2D eigenvalue weighted by molar-refractivity contribution is 0.103. The van der Waals surface area contributed by atoms with Crippen LogP contribution in [0.3, 0.4) is 0 Å². The maximum atomic E-state index is 13.6. The predicted octanol–water partition coefficient (Wildman–Crippen LogP) is 5.41. The lowest BCUT2D eigenvalue weighted by atomic mass is 9.98. The smallest absolute Gasteiger partial charge is 0.242 e. The summed E-state index contributed by atoms with van der Waals surface area (Å²) in [5.74, 6) is -0.521. The number of thiazole rings is 1. The van der Waals surface area contributed by atoms with Crippen molar-refractivity contribution in [3.8, 4) is 39.5 Å². The summed E-state index contributed by atoms with van der Waals surface area (Å²) in [7, 11) is 3.04. The normalized spacial score (nSPS) is 11.0. The molecule has 2 aromatic heterocycles. The Balaban J connectivity index is 1.87. The van der Waals surface area contributed by atoms with Crippen molar-refractivity contribution < 1.29 is 24.5 Å². The molecule has 34 heavy (non-hydrogen) atoms. The van der Waals surface area contributed by atoms with Crippen molar-refractivity contribution in [1.29, 1.82) is 0 Å². The molecule has 0 amide bonds. The van der Waals surface area contributed by atoms with Crippen molar-refractivity contribution in [3.63, 3.8) is 0 Å². The van der Waals surface area contributed by atoms with E-state index in [1.165, 1.54) is 30.1 Å². The monoisotopic (exact) mass is 472 g/mol. The van der Waals surface area contributed by atoms with Crippen molar-refractivity contribution in [2.45, 2.75) is 0 Å². The fourth-order valence-electron chi connectivity index (χ4n) is 3.89. The number of aromatic nitrogens is 2. The molecule has 5 aromatic rings. The van der Waals surface area contributed by atoms with Crippen molar-refractivity contribution in [2.24, 2.45) is 0 Å². The Hall–Kier alpha value is -4.30. The molecule has 0 saturated carbocycles. The Morgan fingerprint density at radius 2 is 1.68 bits per heavy atom. The van der Waals surface area contributed by atoms with Crippen molar-refractivity contribution in [3.05, 3.63) is 83.9 Å². The van der Waals surface area contributed by atoms with Gasteiger partial charge in [0, 0.05) is 11.1 Å². The van der Waals surface area contributed by atoms with Gasteiger partial charge in [-0.1, -0.05) is 53.8 Å². The molecule has 7 nitrogen and oxygen atoms in total. The van der Waals surface area contributed by atoms with Crippen LogP contribution in [0.2, 0.25) is 0 Å². The van der Waals surface area contributed by atoms with Gasteiger partial charge in [-0.25, -0.2) is 4.98 Å². The standard InChI is InChI=1S/C26H20N2O5S/c1-32-16-12-13-19(33-2)17(14-16)22-21(23(29)15-8-4-3-5-9-15)24(30)25(31)28(22)26-27-18-10-6-7-11-20(18)34-26/h3-14,30-31H,1-2H3. The van der Waals surface area contributed by atoms with E-state index in [1.54, 1.807) is 48.5 Å². The topological polar surface area (TPSA) is 93.8 Å². The molecule has 0 aliphatic carbocycles. The number of benzene rings is 3. The molecule has 0 spiro atoms. The molecule has 3 aromatic carbocycles. The van der Waals surface area contributed by atoms with Crippen LogP contribution in [0.1, 0.15) is 15.9 Å². The van der Waals surface area contributed by atoms with E-state index in [4.69, 9.17) is 9.47 Å². The van der Waals surface area contributed by atoms with Gasteiger partial charge in [0.05, 0.1) is 35.7 Å². The number of fused-ring (bicyclic) bond motifs is 1. The molecule has 0 bridgehead atoms. The lowest BCUT2D eigenvalue weighted by Crippen LogP contribution is -2.05. The number of ketones is 1. The zero-order valence-corrected chi connectivity index (χ0v) is 19.2. The van der Waals surface area contributed by atoms with Gasteiger partial charge < -0.3 is 19.7 Å². The van der Waals surface area contributed by atoms with Crippen molar-refractivity contribution in [2.75, 3.05) is 14.2 Å². The van der Waals surface area contributed by atoms with Gasteiger partial charge in [0.15, 0.2) is 16.7 Å². The quantitative estimate of drug-likeness (QED) is 0.321. The molecular weight excluding hydrogens is 452 g/mol. The summed E-state index contributed by atoms with van der Waals surface area (Å²) in [6.07, 6.45) is 0. The number of hydrogen-bond acceptors (Lipinski definition) is 7. The second-order valence-electron chi connectivity index (χ2n) is 7.46. The van der Waals surface area contributed by atoms with Gasteiger partial charge in [0.1, 0.15) is 11.5 Å². The number of ether oxygens (including phenoxy) is 2. The minimum Gasteiger partial charge on any atom is -0.503 e. The van der Waals surface area contributed by atoms with E-state index in [2.05, 4.69) is 4.98 Å². The first-order valence-electron chi connectivity index (χ1n) is 10.4. The van der Waals surface area contributed by atoms with E-state index >= 15 is 0 Å². The molecule has 0 fully saturated rings. The number of nitrogens with zero attached hydrogens (tertiary/aromatic N) is 2. The molecular formula is C26H20N2O5S. The van der Waals surface area contributed by atoms with Crippen LogP contribution in [0.15, 0.2) is 72.8 Å². The fourth-order valence-corrected chi connectivity index (χ4v) is 4.87. The molecule has 5 rings (SSSR count). The summed E-state index contributed by atoms with van der Waals surface area (Å²) in [4.78, 5) is 18.3. The number of aromatic hydroxyl groups is 2. The number of hydrogen-bond donors (Lipinski definition) is 2. The van der Waals surface area contributed by atoms with Gasteiger partial charge in [-0.05, 0) is 30.3 Å². The second kappa shape index (κ2) is 8.57. The SMILES string of the molecule is COc1ccc(OC)c(-c2c(C(=O)c3ccccc3)c(O)c(O)n2-c2nc3ccccc3s2)c1. The number of carbonyl (C=O) groups excluding carboxylic acids is 1. The maximum absolute atomic E-state index is 13.6. The van der Waals surface area contributed by atoms with Crippen LogP contribution in [-0.2, 0) is 0 Å². The third-order valence-corrected chi connectivity index (χ3v) is 6.54. The van der Waals surface area contributed by atoms with Crippen LogP contribution < -0.4 is 9.47 Å². The number of methoxy groups -OCH3 is 2. The molecule has 0 aliphatic heterocycles. The molecule has 0 radical (unpaired) electrons. The lowest BCUT2D eigenvalue weighted by Gasteiger charge is -2.14. The molecule has 0 aliphatic rings. The molecule has 170 valence electrons. The van der Waals surface area contributed by atoms with Gasteiger partial charge in [-0.2, -0.15) is 0 Å². The summed E-state index contributed by atoms with van der Waals surface area (Å²) in [5, 5.41) is 22.5. The highest BCUT2D eigenvalue weighted by Crippen LogP contribution is 2.48. The minimum atomic E-state index is -0.534. The predicted molar refractivity (Wildman–Crippen MR) is 131 cm³/mol. The van der Waals surface area contributed by atoms with Crippen LogP contribution in [0, 0.1) is 0 Å². The molecule has 0 atom stereocenters. The maximum Gasteiger partial charge on any atom is 0.242 e. The molecule has 8 heteroatoms. The number of carbonyl (C=O) groups is 1. The van der Waals surface area contributed by atoms with Crippen LogP contribution >= 0.6 is 11.3 Å². The minimum absolute atomic E-state index is 0.0606. The summed E-state index contributed by atoms with van der Waals surface area (Å²) in [6.45, 7) is 0. The van der Waals surface area contributed by atoms with E-state index in [9.17, 15) is 15.0 Å². The van der Waals surface area contributed by atoms with Gasteiger partial charge in [-0.3, -0.25) is 9.36 Å². The average molecular weight is 473 g/mol. The third-order valence-electron chi connectivity index (χ3n) is 5.52. The zero-order chi connectivity index (χ0) is 23.8. The Morgan fingerprint density at radius 1 is 0.941 bits per heavy atom. The summed E-state index contributed by atoms with van der Waals surface area (Å²) >= 11 is 1.32. The van der Waals surface area contributed by atoms with E-state index in [0.29, 0.717) is 27.8 Å². The van der Waals surface area contributed by atoms with E-state index < -0.39 is 17.4 Å². The van der Waals surface area contributed by atoms with Crippen LogP contribution in [-0.4, -0.2) is 39.8 Å². The first-order valence-corrected chi connectivity index (χ1v) is 11.2. The van der Waals surface area contributed by atoms with Crippen LogP contribution in [0.4, 0.5) is 0 Å². The van der Waals surface area contributed by atoms with Crippen LogP contribution in [0.5, 0.6) is 23.1 Å². The molecule has 0 saturated heterocycles. The molecule has 0 unspecified atom stereocenters. The summed E-state index contributed by atoms with van der Waals surface area (Å²) in [5.41, 5.74) is 1.74. The van der Waals surface area contributed by atoms with Gasteiger partial charge >= 0.3 is 0 Å². The number of para-hydroxylation sites is 1. The Kier molecular flexibility index (Phi) is 5.43. The molecule has 2 N–H and O–H groups in total. The molecule has 2 heterocycles. The average Bonchev–Trinajstić information content (AvgIpc) is 3.42. The van der Waals surface area contributed by atoms with E-state index in [1.807, 2.05) is 24.3 Å². The summed E-state index contributed by atoms with van der Waals surface area (Å²) in [6, 6.07) is 21.2. The van der Waals surface area contributed by atoms with Gasteiger partial charge in [0.25, 0.3) is 0 Å². The van der Waals surface area contributed by atoms with Crippen LogP contribution in [0.25, 0.3) is 26.6 Å². The number of rotatable bonds is 6. The van der Waals surface area contributed by atoms with E-state index in [0.717, 1.165) is 10.2 Å². The third kappa shape index (κ3) is 3.45. The Bertz CT molecular complexity index is 1490. The fraction of sp³-hybridized carbons (Fsp3) is 0.0769. The van der Waals surface area contributed by atoms with Gasteiger partial charge in [-0.15, -0.1) is 0 Å². The first kappa shape index (κ1) is 21.5. The zero-order valence-electron chi connectivity index (χ0n) is 18.4. The Morgan fingerprint density at radius 3 is 2.38 bits per heavy atom. The highest BCUT2D eigenvalue weighted by molar-refractivity contribution is 7.20. The van der Waals surface area contributed by atoms with Gasteiger partial charge in [0.2, 0.25) is 5.88 Å².